The van der Waals surface area contributed by atoms with E-state index >= 15 is 0 Å². The van der Waals surface area contributed by atoms with Gasteiger partial charge in [-0.3, -0.25) is 4.79 Å². The van der Waals surface area contributed by atoms with Crippen LogP contribution in [0.4, 0.5) is 0 Å². The summed E-state index contributed by atoms with van der Waals surface area (Å²) in [5.74, 6) is -0.0960. The highest BCUT2D eigenvalue weighted by molar-refractivity contribution is 6.07. The number of nitrogens with two attached hydrogens (primary N) is 1. The second-order valence-electron chi connectivity index (χ2n) is 5.18. The highest BCUT2D eigenvalue weighted by Crippen LogP contribution is 2.41. The lowest BCUT2D eigenvalue weighted by Crippen LogP contribution is -2.54. The van der Waals surface area contributed by atoms with Crippen LogP contribution in [0.5, 0.6) is 0 Å². The number of aromatic nitrogens is 2. The number of carbonyl (C=O) groups is 1. The Bertz CT molecular complexity index is 465. The summed E-state index contributed by atoms with van der Waals surface area (Å²) in [7, 11) is 0. The molecule has 0 spiro atoms. The molecule has 110 valence electrons. The average Bonchev–Trinajstić information content (AvgIpc) is 2.90. The molecule has 1 aliphatic carbocycles. The Hall–Kier alpha value is -2.05. The van der Waals surface area contributed by atoms with Crippen molar-refractivity contribution in [3.63, 3.8) is 0 Å². The maximum atomic E-state index is 12.1. The Morgan fingerprint density at radius 2 is 2.30 bits per heavy atom. The molecule has 1 fully saturated rings. The number of nitrogens with zero attached hydrogens (tertiary/aromatic N) is 3. The largest absolute Gasteiger partial charge is 0.409 e. The van der Waals surface area contributed by atoms with Crippen LogP contribution in [0, 0.1) is 5.41 Å². The predicted molar refractivity (Wildman–Crippen MR) is 74.2 cm³/mol. The number of carbonyl (C=O) groups excluding carboxylic acids is 1. The van der Waals surface area contributed by atoms with Crippen LogP contribution in [0.1, 0.15) is 32.1 Å². The van der Waals surface area contributed by atoms with E-state index in [2.05, 4.69) is 15.5 Å². The van der Waals surface area contributed by atoms with Crippen molar-refractivity contribution >= 4 is 11.7 Å². The topological polar surface area (TPSA) is 106 Å². The van der Waals surface area contributed by atoms with Gasteiger partial charge < -0.3 is 20.8 Å². The van der Waals surface area contributed by atoms with Gasteiger partial charge in [0, 0.05) is 25.5 Å². The summed E-state index contributed by atoms with van der Waals surface area (Å²) in [4.78, 5) is 16.1. The summed E-state index contributed by atoms with van der Waals surface area (Å²) in [6, 6.07) is 0. The third-order valence-corrected chi connectivity index (χ3v) is 3.93. The first-order valence-electron chi connectivity index (χ1n) is 6.91. The summed E-state index contributed by atoms with van der Waals surface area (Å²) in [6.45, 7) is 1.50. The third-order valence-electron chi connectivity index (χ3n) is 3.93. The number of hydrogen-bond donors (Lipinski definition) is 3. The van der Waals surface area contributed by atoms with E-state index in [4.69, 9.17) is 10.9 Å². The molecule has 0 aliphatic heterocycles. The number of rotatable bonds is 7. The minimum Gasteiger partial charge on any atom is -0.409 e. The molecule has 7 nitrogen and oxygen atoms in total. The van der Waals surface area contributed by atoms with Crippen LogP contribution in [-0.4, -0.2) is 33.0 Å². The van der Waals surface area contributed by atoms with Crippen LogP contribution < -0.4 is 11.1 Å². The first kappa shape index (κ1) is 14.4. The fourth-order valence-electron chi connectivity index (χ4n) is 2.44. The molecule has 20 heavy (non-hydrogen) atoms. The van der Waals surface area contributed by atoms with Crippen LogP contribution in [0.3, 0.4) is 0 Å². The molecule has 1 aliphatic rings. The van der Waals surface area contributed by atoms with E-state index < -0.39 is 5.41 Å². The zero-order chi connectivity index (χ0) is 14.4. The number of hydrogen-bond acceptors (Lipinski definition) is 4. The molecule has 0 radical (unpaired) electrons. The first-order chi connectivity index (χ1) is 9.69. The second kappa shape index (κ2) is 6.40. The zero-order valence-corrected chi connectivity index (χ0v) is 11.5. The fraction of sp³-hybridized carbons (Fsp3) is 0.615. The SMILES string of the molecule is N/C(=N/O)C1(C(=O)NCCCCn2ccnc2)CCC1. The van der Waals surface area contributed by atoms with Gasteiger partial charge >= 0.3 is 0 Å². The van der Waals surface area contributed by atoms with E-state index in [0.29, 0.717) is 19.4 Å². The number of aryl methyl sites for hydroxylation is 1. The smallest absolute Gasteiger partial charge is 0.233 e. The molecule has 2 rings (SSSR count). The van der Waals surface area contributed by atoms with Crippen molar-refractivity contribution in [1.29, 1.82) is 0 Å². The van der Waals surface area contributed by atoms with Gasteiger partial charge in [-0.15, -0.1) is 0 Å². The molecule has 1 saturated carbocycles. The molecule has 4 N–H and O–H groups in total. The Balaban J connectivity index is 1.69. The van der Waals surface area contributed by atoms with Gasteiger partial charge in [-0.1, -0.05) is 11.6 Å². The number of oxime groups is 1. The number of amidine groups is 1. The summed E-state index contributed by atoms with van der Waals surface area (Å²) in [5, 5.41) is 14.7. The van der Waals surface area contributed by atoms with Crippen molar-refractivity contribution in [1.82, 2.24) is 14.9 Å². The highest BCUT2D eigenvalue weighted by Gasteiger charge is 2.48. The van der Waals surface area contributed by atoms with E-state index in [1.807, 2.05) is 10.8 Å². The minimum atomic E-state index is -0.779. The van der Waals surface area contributed by atoms with Crippen molar-refractivity contribution in [2.24, 2.45) is 16.3 Å². The van der Waals surface area contributed by atoms with Gasteiger partial charge in [0.2, 0.25) is 5.91 Å². The maximum Gasteiger partial charge on any atom is 0.233 e. The molecular formula is C13H21N5O2. The van der Waals surface area contributed by atoms with Crippen molar-refractivity contribution in [2.45, 2.75) is 38.6 Å². The van der Waals surface area contributed by atoms with Crippen LogP contribution in [0.15, 0.2) is 23.9 Å². The van der Waals surface area contributed by atoms with E-state index in [0.717, 1.165) is 25.8 Å². The monoisotopic (exact) mass is 279 g/mol. The molecule has 1 aromatic heterocycles. The number of amides is 1. The molecule has 1 amide bonds. The molecule has 1 aromatic rings. The molecule has 0 unspecified atom stereocenters. The number of imidazole rings is 1. The Morgan fingerprint density at radius 1 is 1.50 bits per heavy atom. The van der Waals surface area contributed by atoms with Crippen LogP contribution >= 0.6 is 0 Å². The first-order valence-corrected chi connectivity index (χ1v) is 6.91. The molecule has 0 bridgehead atoms. The summed E-state index contributed by atoms with van der Waals surface area (Å²) in [6.07, 6.45) is 9.54. The molecule has 0 aromatic carbocycles. The van der Waals surface area contributed by atoms with Crippen LogP contribution in [0.2, 0.25) is 0 Å². The van der Waals surface area contributed by atoms with Crippen molar-refractivity contribution in [3.05, 3.63) is 18.7 Å². The molecule has 7 heteroatoms. The molecule has 1 heterocycles. The van der Waals surface area contributed by atoms with Crippen molar-refractivity contribution < 1.29 is 10.0 Å². The van der Waals surface area contributed by atoms with Crippen molar-refractivity contribution in [2.75, 3.05) is 6.54 Å². The predicted octanol–water partition coefficient (Wildman–Crippen LogP) is 0.696. The third kappa shape index (κ3) is 2.92. The number of unbranched alkanes of at least 4 members (excludes halogenated alkanes) is 1. The lowest BCUT2D eigenvalue weighted by Gasteiger charge is -2.38. The number of nitrogens with one attached hydrogen (secondary N) is 1. The second-order valence-corrected chi connectivity index (χ2v) is 5.18. The highest BCUT2D eigenvalue weighted by atomic mass is 16.4. The molecule has 0 saturated heterocycles. The van der Waals surface area contributed by atoms with Gasteiger partial charge in [-0.05, 0) is 25.7 Å². The van der Waals surface area contributed by atoms with E-state index in [9.17, 15) is 4.79 Å². The normalized spacial score (nSPS) is 17.5. The lowest BCUT2D eigenvalue weighted by molar-refractivity contribution is -0.131. The van der Waals surface area contributed by atoms with E-state index in [1.54, 1.807) is 12.5 Å². The Labute approximate surface area is 117 Å². The fourth-order valence-corrected chi connectivity index (χ4v) is 2.44. The molecule has 0 atom stereocenters. The van der Waals surface area contributed by atoms with E-state index in [1.165, 1.54) is 0 Å². The van der Waals surface area contributed by atoms with E-state index in [-0.39, 0.29) is 11.7 Å². The van der Waals surface area contributed by atoms with Gasteiger partial charge in [-0.25, -0.2) is 4.98 Å². The van der Waals surface area contributed by atoms with Gasteiger partial charge in [-0.2, -0.15) is 0 Å². The lowest BCUT2D eigenvalue weighted by atomic mass is 9.67. The summed E-state index contributed by atoms with van der Waals surface area (Å²) in [5.41, 5.74) is 4.86. The summed E-state index contributed by atoms with van der Waals surface area (Å²) < 4.78 is 2.01. The van der Waals surface area contributed by atoms with Crippen molar-refractivity contribution in [3.8, 4) is 0 Å². The van der Waals surface area contributed by atoms with Gasteiger partial charge in [0.15, 0.2) is 5.84 Å². The van der Waals surface area contributed by atoms with Gasteiger partial charge in [0.1, 0.15) is 5.41 Å². The van der Waals surface area contributed by atoms with Crippen LogP contribution in [0.25, 0.3) is 0 Å². The van der Waals surface area contributed by atoms with Crippen LogP contribution in [-0.2, 0) is 11.3 Å². The Morgan fingerprint density at radius 3 is 2.85 bits per heavy atom. The standard InChI is InChI=1S/C13H21N5O2/c14-11(17-20)13(4-3-5-13)12(19)16-6-1-2-8-18-9-7-15-10-18/h7,9-10,20H,1-6,8H2,(H2,14,17)(H,16,19). The average molecular weight is 279 g/mol. The zero-order valence-electron chi connectivity index (χ0n) is 11.5. The quantitative estimate of drug-likeness (QED) is 0.224. The Kier molecular flexibility index (Phi) is 4.60. The molecular weight excluding hydrogens is 258 g/mol. The maximum absolute atomic E-state index is 12.1. The summed E-state index contributed by atoms with van der Waals surface area (Å²) >= 11 is 0. The van der Waals surface area contributed by atoms with Gasteiger partial charge in [0.05, 0.1) is 6.33 Å². The minimum absolute atomic E-state index is 0.0275. The van der Waals surface area contributed by atoms with Gasteiger partial charge in [0.25, 0.3) is 0 Å².